The van der Waals surface area contributed by atoms with Gasteiger partial charge in [0, 0.05) is 24.5 Å². The van der Waals surface area contributed by atoms with Gasteiger partial charge in [0.05, 0.1) is 11.9 Å². The number of hydrogen-bond acceptors (Lipinski definition) is 3. The molecule has 0 aliphatic heterocycles. The summed E-state index contributed by atoms with van der Waals surface area (Å²) in [5, 5.41) is 3.44. The van der Waals surface area contributed by atoms with Gasteiger partial charge in [-0.3, -0.25) is 9.10 Å². The number of benzene rings is 2. The Labute approximate surface area is 172 Å². The minimum Gasteiger partial charge on any atom is -0.356 e. The lowest BCUT2D eigenvalue weighted by atomic mass is 10.0. The molecule has 28 heavy (non-hydrogen) atoms. The molecule has 5 nitrogen and oxygen atoms in total. The second-order valence-corrected chi connectivity index (χ2v) is 9.25. The zero-order valence-electron chi connectivity index (χ0n) is 16.5. The first-order valence-electron chi connectivity index (χ1n) is 9.24. The number of hydrogen-bond donors (Lipinski definition) is 1. The molecule has 1 atom stereocenters. The third-order valence-corrected chi connectivity index (χ3v) is 6.24. The van der Waals surface area contributed by atoms with Crippen LogP contribution in [0.4, 0.5) is 5.69 Å². The van der Waals surface area contributed by atoms with Gasteiger partial charge in [-0.15, -0.1) is 0 Å². The Bertz CT molecular complexity index is 901. The Morgan fingerprint density at radius 1 is 1.14 bits per heavy atom. The van der Waals surface area contributed by atoms with E-state index in [0.717, 1.165) is 6.26 Å². The summed E-state index contributed by atoms with van der Waals surface area (Å²) in [5.41, 5.74) is 2.42. The van der Waals surface area contributed by atoms with Crippen LogP contribution in [-0.2, 0) is 14.8 Å². The van der Waals surface area contributed by atoms with Crippen LogP contribution in [-0.4, -0.2) is 33.7 Å². The lowest BCUT2D eigenvalue weighted by Crippen LogP contribution is -2.33. The highest BCUT2D eigenvalue weighted by molar-refractivity contribution is 7.92. The highest BCUT2D eigenvalue weighted by Gasteiger charge is 2.20. The van der Waals surface area contributed by atoms with Crippen molar-refractivity contribution in [3.8, 4) is 0 Å². The van der Waals surface area contributed by atoms with Crippen molar-refractivity contribution in [1.82, 2.24) is 5.32 Å². The van der Waals surface area contributed by atoms with Crippen molar-refractivity contribution in [3.63, 3.8) is 0 Å². The third kappa shape index (κ3) is 6.24. The summed E-state index contributed by atoms with van der Waals surface area (Å²) >= 11 is 6.13. The van der Waals surface area contributed by atoms with E-state index in [0.29, 0.717) is 29.2 Å². The number of sulfonamides is 1. The number of carbonyl (C=O) groups is 1. The van der Waals surface area contributed by atoms with Gasteiger partial charge in [-0.05, 0) is 42.5 Å². The second kappa shape index (κ2) is 9.94. The molecule has 0 aliphatic rings. The minimum atomic E-state index is -3.47. The third-order valence-electron chi connectivity index (χ3n) is 4.65. The molecule has 2 rings (SSSR count). The van der Waals surface area contributed by atoms with Crippen LogP contribution < -0.4 is 9.62 Å². The maximum absolute atomic E-state index is 12.2. The molecule has 0 unspecified atom stereocenters. The van der Waals surface area contributed by atoms with E-state index in [1.54, 1.807) is 25.1 Å². The van der Waals surface area contributed by atoms with Crippen LogP contribution in [0.2, 0.25) is 5.02 Å². The van der Waals surface area contributed by atoms with E-state index in [4.69, 9.17) is 11.6 Å². The lowest BCUT2D eigenvalue weighted by Gasteiger charge is -2.24. The molecular formula is C21H27ClN2O3S. The van der Waals surface area contributed by atoms with Gasteiger partial charge in [0.1, 0.15) is 0 Å². The van der Waals surface area contributed by atoms with Crippen molar-refractivity contribution in [2.75, 3.05) is 23.7 Å². The zero-order chi connectivity index (χ0) is 20.7. The van der Waals surface area contributed by atoms with Crippen molar-refractivity contribution in [2.45, 2.75) is 32.6 Å². The summed E-state index contributed by atoms with van der Waals surface area (Å²) in [7, 11) is -3.47. The molecular weight excluding hydrogens is 396 g/mol. The summed E-state index contributed by atoms with van der Waals surface area (Å²) in [4.78, 5) is 12.2. The molecule has 0 bridgehead atoms. The first-order chi connectivity index (χ1) is 13.2. The molecule has 0 heterocycles. The SMILES string of the molecule is Cc1c(Cl)cccc1N(CCCC(=O)NC[C@@H](C)c1ccccc1)S(C)(=O)=O. The number of amides is 1. The molecule has 0 fully saturated rings. The topological polar surface area (TPSA) is 66.5 Å². The van der Waals surface area contributed by atoms with Gasteiger partial charge < -0.3 is 5.32 Å². The van der Waals surface area contributed by atoms with E-state index in [1.165, 1.54) is 9.87 Å². The molecule has 7 heteroatoms. The van der Waals surface area contributed by atoms with Crippen molar-refractivity contribution < 1.29 is 13.2 Å². The molecule has 0 saturated carbocycles. The number of carbonyl (C=O) groups excluding carboxylic acids is 1. The highest BCUT2D eigenvalue weighted by atomic mass is 35.5. The fourth-order valence-corrected chi connectivity index (χ4v) is 4.15. The fraction of sp³-hybridized carbons (Fsp3) is 0.381. The van der Waals surface area contributed by atoms with Crippen LogP contribution in [0.3, 0.4) is 0 Å². The molecule has 2 aromatic carbocycles. The maximum atomic E-state index is 12.2. The van der Waals surface area contributed by atoms with Crippen molar-refractivity contribution in [3.05, 3.63) is 64.7 Å². The monoisotopic (exact) mass is 422 g/mol. The van der Waals surface area contributed by atoms with Gasteiger partial charge in [-0.25, -0.2) is 8.42 Å². The van der Waals surface area contributed by atoms with Gasteiger partial charge in [0.15, 0.2) is 0 Å². The molecule has 0 radical (unpaired) electrons. The normalized spacial score (nSPS) is 12.4. The number of rotatable bonds is 9. The molecule has 152 valence electrons. The number of nitrogens with zero attached hydrogens (tertiary/aromatic N) is 1. The van der Waals surface area contributed by atoms with Gasteiger partial charge in [-0.1, -0.05) is 54.9 Å². The Morgan fingerprint density at radius 2 is 1.82 bits per heavy atom. The van der Waals surface area contributed by atoms with E-state index in [1.807, 2.05) is 30.3 Å². The van der Waals surface area contributed by atoms with Crippen LogP contribution in [0.5, 0.6) is 0 Å². The predicted molar refractivity (Wildman–Crippen MR) is 115 cm³/mol. The van der Waals surface area contributed by atoms with Crippen LogP contribution in [0.25, 0.3) is 0 Å². The summed E-state index contributed by atoms with van der Waals surface area (Å²) in [6.07, 6.45) is 1.84. The van der Waals surface area contributed by atoms with Crippen LogP contribution in [0, 0.1) is 6.92 Å². The largest absolute Gasteiger partial charge is 0.356 e. The molecule has 0 aliphatic carbocycles. The molecule has 0 spiro atoms. The van der Waals surface area contributed by atoms with Crippen LogP contribution >= 0.6 is 11.6 Å². The number of nitrogens with one attached hydrogen (secondary N) is 1. The molecule has 0 aromatic heterocycles. The maximum Gasteiger partial charge on any atom is 0.232 e. The molecule has 0 saturated heterocycles. The Balaban J connectivity index is 1.90. The van der Waals surface area contributed by atoms with Crippen molar-refractivity contribution >= 4 is 33.2 Å². The van der Waals surface area contributed by atoms with E-state index in [9.17, 15) is 13.2 Å². The zero-order valence-corrected chi connectivity index (χ0v) is 18.1. The first-order valence-corrected chi connectivity index (χ1v) is 11.5. The van der Waals surface area contributed by atoms with Crippen molar-refractivity contribution in [1.29, 1.82) is 0 Å². The van der Waals surface area contributed by atoms with Gasteiger partial charge in [0.2, 0.25) is 15.9 Å². The van der Waals surface area contributed by atoms with Crippen molar-refractivity contribution in [2.24, 2.45) is 0 Å². The lowest BCUT2D eigenvalue weighted by molar-refractivity contribution is -0.121. The number of halogens is 1. The quantitative estimate of drug-likeness (QED) is 0.661. The Kier molecular flexibility index (Phi) is 7.89. The average molecular weight is 423 g/mol. The predicted octanol–water partition coefficient (Wildman–Crippen LogP) is 4.11. The average Bonchev–Trinajstić information content (AvgIpc) is 2.65. The Hall–Kier alpha value is -2.05. The fourth-order valence-electron chi connectivity index (χ4n) is 2.97. The molecule has 2 aromatic rings. The second-order valence-electron chi connectivity index (χ2n) is 6.94. The van der Waals surface area contributed by atoms with Gasteiger partial charge in [-0.2, -0.15) is 0 Å². The summed E-state index contributed by atoms with van der Waals surface area (Å²) < 4.78 is 25.8. The smallest absolute Gasteiger partial charge is 0.232 e. The van der Waals surface area contributed by atoms with Crippen LogP contribution in [0.1, 0.15) is 36.8 Å². The summed E-state index contributed by atoms with van der Waals surface area (Å²) in [6, 6.07) is 15.2. The van der Waals surface area contributed by atoms with E-state index >= 15 is 0 Å². The first kappa shape index (κ1) is 22.2. The standard InChI is InChI=1S/C21H27ClN2O3S/c1-16(18-9-5-4-6-10-18)15-23-21(25)13-8-14-24(28(3,26)27)20-12-7-11-19(22)17(20)2/h4-7,9-12,16H,8,13-15H2,1-3H3,(H,23,25)/t16-/m1/s1. The molecule has 1 amide bonds. The highest BCUT2D eigenvalue weighted by Crippen LogP contribution is 2.28. The van der Waals surface area contributed by atoms with Gasteiger partial charge >= 0.3 is 0 Å². The minimum absolute atomic E-state index is 0.0842. The van der Waals surface area contributed by atoms with Crippen LogP contribution in [0.15, 0.2) is 48.5 Å². The molecule has 1 N–H and O–H groups in total. The van der Waals surface area contributed by atoms with E-state index < -0.39 is 10.0 Å². The summed E-state index contributed by atoms with van der Waals surface area (Å²) in [6.45, 7) is 4.62. The van der Waals surface area contributed by atoms with E-state index in [-0.39, 0.29) is 24.8 Å². The number of anilines is 1. The summed E-state index contributed by atoms with van der Waals surface area (Å²) in [5.74, 6) is 0.130. The Morgan fingerprint density at radius 3 is 2.46 bits per heavy atom. The van der Waals surface area contributed by atoms with E-state index in [2.05, 4.69) is 12.2 Å². The van der Waals surface area contributed by atoms with Gasteiger partial charge in [0.25, 0.3) is 0 Å².